The fraction of sp³-hybridized carbons (Fsp3) is 0.222. The molecule has 0 atom stereocenters. The zero-order valence-corrected chi connectivity index (χ0v) is 16.7. The molecule has 126 valence electrons. The second-order valence-electron chi connectivity index (χ2n) is 6.40. The van der Waals surface area contributed by atoms with Crippen molar-refractivity contribution < 1.29 is 9.90 Å². The number of benzene rings is 2. The van der Waals surface area contributed by atoms with Gasteiger partial charge in [0, 0.05) is 9.13 Å². The second-order valence-corrected chi connectivity index (χ2v) is 8.05. The lowest BCUT2D eigenvalue weighted by atomic mass is 9.87. The molecule has 0 aromatic heterocycles. The van der Waals surface area contributed by atoms with Gasteiger partial charge in [-0.05, 0) is 76.1 Å². The number of phenolic OH excluding ortho intramolecular Hbond substituents is 1. The fourth-order valence-corrected chi connectivity index (χ4v) is 2.81. The van der Waals surface area contributed by atoms with Crippen LogP contribution in [0.5, 0.6) is 5.75 Å². The van der Waals surface area contributed by atoms with E-state index in [4.69, 9.17) is 12.2 Å². The number of carbonyl (C=O) groups is 1. The molecule has 0 heterocycles. The largest absolute Gasteiger partial charge is 0.506 e. The highest BCUT2D eigenvalue weighted by molar-refractivity contribution is 14.1. The van der Waals surface area contributed by atoms with Crippen molar-refractivity contribution in [3.05, 3.63) is 57.2 Å². The maximum Gasteiger partial charge on any atom is 0.257 e. The van der Waals surface area contributed by atoms with E-state index in [0.29, 0.717) is 11.3 Å². The van der Waals surface area contributed by atoms with Gasteiger partial charge in [-0.25, -0.2) is 0 Å². The van der Waals surface area contributed by atoms with Gasteiger partial charge in [-0.15, -0.1) is 0 Å². The zero-order valence-electron chi connectivity index (χ0n) is 13.7. The Labute approximate surface area is 160 Å². The number of amides is 1. The van der Waals surface area contributed by atoms with Crippen LogP contribution in [0.15, 0.2) is 42.5 Å². The Kier molecular flexibility index (Phi) is 5.82. The van der Waals surface area contributed by atoms with Crippen molar-refractivity contribution in [2.45, 2.75) is 26.2 Å². The third-order valence-electron chi connectivity index (χ3n) is 3.42. The summed E-state index contributed by atoms with van der Waals surface area (Å²) in [5, 5.41) is 15.7. The molecule has 2 rings (SSSR count). The first-order chi connectivity index (χ1) is 11.2. The summed E-state index contributed by atoms with van der Waals surface area (Å²) in [6.07, 6.45) is 0. The number of hydrogen-bond donors (Lipinski definition) is 3. The maximum atomic E-state index is 12.2. The van der Waals surface area contributed by atoms with Crippen molar-refractivity contribution in [1.29, 1.82) is 0 Å². The van der Waals surface area contributed by atoms with Gasteiger partial charge in [0.2, 0.25) is 0 Å². The molecule has 4 nitrogen and oxygen atoms in total. The zero-order chi connectivity index (χ0) is 17.9. The van der Waals surface area contributed by atoms with Gasteiger partial charge in [0.05, 0.1) is 5.69 Å². The minimum absolute atomic E-state index is 0.0598. The highest BCUT2D eigenvalue weighted by atomic mass is 127. The molecular weight excluding hydrogens is 435 g/mol. The Morgan fingerprint density at radius 2 is 1.88 bits per heavy atom. The Morgan fingerprint density at radius 1 is 1.17 bits per heavy atom. The molecule has 24 heavy (non-hydrogen) atoms. The van der Waals surface area contributed by atoms with Crippen molar-refractivity contribution in [2.75, 3.05) is 5.32 Å². The maximum absolute atomic E-state index is 12.2. The molecule has 3 N–H and O–H groups in total. The van der Waals surface area contributed by atoms with Crippen LogP contribution in [0.4, 0.5) is 5.69 Å². The van der Waals surface area contributed by atoms with Crippen LogP contribution in [-0.4, -0.2) is 16.1 Å². The molecule has 0 bridgehead atoms. The van der Waals surface area contributed by atoms with E-state index in [2.05, 4.69) is 54.0 Å². The smallest absolute Gasteiger partial charge is 0.257 e. The van der Waals surface area contributed by atoms with Gasteiger partial charge in [-0.2, -0.15) is 0 Å². The van der Waals surface area contributed by atoms with Crippen molar-refractivity contribution in [2.24, 2.45) is 0 Å². The summed E-state index contributed by atoms with van der Waals surface area (Å²) in [5.74, 6) is -0.216. The normalized spacial score (nSPS) is 11.0. The number of nitrogens with one attached hydrogen (secondary N) is 2. The third-order valence-corrected chi connectivity index (χ3v) is 4.30. The molecular formula is C18H19IN2O2S. The molecule has 0 aliphatic heterocycles. The first-order valence-electron chi connectivity index (χ1n) is 7.38. The molecule has 0 saturated carbocycles. The van der Waals surface area contributed by atoms with Gasteiger partial charge in [0.25, 0.3) is 5.91 Å². The van der Waals surface area contributed by atoms with Gasteiger partial charge in [-0.1, -0.05) is 32.9 Å². The van der Waals surface area contributed by atoms with Gasteiger partial charge >= 0.3 is 0 Å². The number of aromatic hydroxyl groups is 1. The fourth-order valence-electron chi connectivity index (χ4n) is 2.06. The van der Waals surface area contributed by atoms with Crippen LogP contribution in [-0.2, 0) is 5.41 Å². The van der Waals surface area contributed by atoms with Gasteiger partial charge in [0.15, 0.2) is 5.11 Å². The summed E-state index contributed by atoms with van der Waals surface area (Å²) in [5.41, 5.74) is 1.99. The molecule has 1 amide bonds. The summed E-state index contributed by atoms with van der Waals surface area (Å²) < 4.78 is 0.967. The quantitative estimate of drug-likeness (QED) is 0.357. The number of hydrogen-bond acceptors (Lipinski definition) is 3. The predicted octanol–water partition coefficient (Wildman–Crippen LogP) is 4.42. The molecule has 6 heteroatoms. The molecule has 0 aliphatic rings. The highest BCUT2D eigenvalue weighted by Crippen LogP contribution is 2.30. The van der Waals surface area contributed by atoms with Crippen LogP contribution in [0.1, 0.15) is 36.7 Å². The van der Waals surface area contributed by atoms with E-state index in [1.807, 2.05) is 24.3 Å². The van der Waals surface area contributed by atoms with Crippen LogP contribution in [0.25, 0.3) is 0 Å². The summed E-state index contributed by atoms with van der Waals surface area (Å²) in [6.45, 7) is 6.25. The molecule has 0 spiro atoms. The summed E-state index contributed by atoms with van der Waals surface area (Å²) in [7, 11) is 0. The second kappa shape index (κ2) is 7.48. The SMILES string of the molecule is CC(C)(C)c1ccc(O)c(NC(=S)NC(=O)c2cccc(I)c2)c1. The molecule has 2 aromatic carbocycles. The molecule has 2 aromatic rings. The van der Waals surface area contributed by atoms with E-state index in [0.717, 1.165) is 9.13 Å². The average Bonchev–Trinajstić information content (AvgIpc) is 2.48. The molecule has 0 fully saturated rings. The van der Waals surface area contributed by atoms with E-state index in [9.17, 15) is 9.90 Å². The van der Waals surface area contributed by atoms with Crippen molar-refractivity contribution >= 4 is 51.5 Å². The van der Waals surface area contributed by atoms with E-state index in [1.165, 1.54) is 0 Å². The van der Waals surface area contributed by atoms with Crippen LogP contribution in [0.3, 0.4) is 0 Å². The van der Waals surface area contributed by atoms with Crippen LogP contribution in [0, 0.1) is 3.57 Å². The van der Waals surface area contributed by atoms with Crippen molar-refractivity contribution in [3.8, 4) is 5.75 Å². The number of halogens is 1. The first kappa shape index (κ1) is 18.7. The van der Waals surface area contributed by atoms with Crippen LogP contribution < -0.4 is 10.6 Å². The first-order valence-corrected chi connectivity index (χ1v) is 8.87. The Balaban J connectivity index is 2.11. The van der Waals surface area contributed by atoms with Gasteiger partial charge < -0.3 is 10.4 Å². The van der Waals surface area contributed by atoms with Crippen molar-refractivity contribution in [3.63, 3.8) is 0 Å². The van der Waals surface area contributed by atoms with E-state index in [-0.39, 0.29) is 22.2 Å². The lowest BCUT2D eigenvalue weighted by molar-refractivity contribution is 0.0977. The van der Waals surface area contributed by atoms with Crippen molar-refractivity contribution in [1.82, 2.24) is 5.32 Å². The standard InChI is InChI=1S/C18H19IN2O2S/c1-18(2,3)12-7-8-15(22)14(10-12)20-17(24)21-16(23)11-5-4-6-13(19)9-11/h4-10,22H,1-3H3,(H2,20,21,23,24). The summed E-state index contributed by atoms with van der Waals surface area (Å²) in [6, 6.07) is 12.5. The minimum Gasteiger partial charge on any atom is -0.506 e. The molecule has 0 aliphatic carbocycles. The van der Waals surface area contributed by atoms with Gasteiger partial charge in [0.1, 0.15) is 5.75 Å². The number of anilines is 1. The van der Waals surface area contributed by atoms with E-state index in [1.54, 1.807) is 18.2 Å². The molecule has 0 saturated heterocycles. The highest BCUT2D eigenvalue weighted by Gasteiger charge is 2.16. The van der Waals surface area contributed by atoms with Crippen LogP contribution in [0.2, 0.25) is 0 Å². The summed E-state index contributed by atoms with van der Waals surface area (Å²) in [4.78, 5) is 12.2. The van der Waals surface area contributed by atoms with E-state index >= 15 is 0 Å². The monoisotopic (exact) mass is 454 g/mol. The number of carbonyl (C=O) groups excluding carboxylic acids is 1. The Morgan fingerprint density at radius 3 is 2.50 bits per heavy atom. The number of phenols is 1. The number of thiocarbonyl (C=S) groups is 1. The molecule has 0 radical (unpaired) electrons. The van der Waals surface area contributed by atoms with Gasteiger partial charge in [-0.3, -0.25) is 10.1 Å². The average molecular weight is 454 g/mol. The molecule has 0 unspecified atom stereocenters. The lowest BCUT2D eigenvalue weighted by Gasteiger charge is -2.21. The Bertz CT molecular complexity index is 785. The van der Waals surface area contributed by atoms with Crippen LogP contribution >= 0.6 is 34.8 Å². The number of rotatable bonds is 2. The topological polar surface area (TPSA) is 61.4 Å². The predicted molar refractivity (Wildman–Crippen MR) is 110 cm³/mol. The Hall–Kier alpha value is -1.67. The lowest BCUT2D eigenvalue weighted by Crippen LogP contribution is -2.34. The van der Waals surface area contributed by atoms with E-state index < -0.39 is 0 Å². The third kappa shape index (κ3) is 4.91. The summed E-state index contributed by atoms with van der Waals surface area (Å²) >= 11 is 7.33. The minimum atomic E-state index is -0.294.